The molecule has 6 atom stereocenters. The van der Waals surface area contributed by atoms with Crippen LogP contribution in [0.3, 0.4) is 0 Å². The average Bonchev–Trinajstić information content (AvgIpc) is 0.801. The van der Waals surface area contributed by atoms with Crippen LogP contribution >= 0.6 is 15.9 Å². The number of rotatable bonds is 27. The maximum Gasteiger partial charge on any atom is 0.293 e. The van der Waals surface area contributed by atoms with Gasteiger partial charge in [0.15, 0.2) is 0 Å². The third kappa shape index (κ3) is 31.4. The van der Waals surface area contributed by atoms with Crippen LogP contribution in [-0.2, 0) is 33.6 Å². The molecule has 0 amide bonds. The van der Waals surface area contributed by atoms with Gasteiger partial charge >= 0.3 is 0 Å². The van der Waals surface area contributed by atoms with E-state index in [9.17, 15) is 50.0 Å². The van der Waals surface area contributed by atoms with Gasteiger partial charge in [0.2, 0.25) is 0 Å². The SMILES string of the molecule is C=C1C=C(C)C(c2ccc(N(CC)CC)cc2)=NN1.C=C1CC(C)C(c2ccc(N(CC)CC)c([N+](=O)[O-])c2)=NN1.C=C1C[C@@H](C)C(c2ccc(CC(C)=O)c(Br)c2)=NN1.C=C1C[C@@H](C)C(c2ccc(CC(C)=O)c([N+](=O)[O-])c2)=NN1.C=C1C[C@@H](C)C(c2ccc(CCC)c([N+](=O)[O-])c2)=NN1.C=C1C[C@@H](C)C(c2ccc(N(CC)CC)c([N+](=O)[O-])c2)=NN1.C=C1C[C@@H](C)C(c2ccc(N3CCOCC3)cc2)=NN1. The Balaban J connectivity index is 0.000000186. The van der Waals surface area contributed by atoms with E-state index in [1.807, 2.05) is 112 Å². The maximum atomic E-state index is 11.4. The van der Waals surface area contributed by atoms with E-state index in [-0.39, 0.29) is 79.2 Å². The van der Waals surface area contributed by atoms with Crippen molar-refractivity contribution < 1.29 is 34.0 Å². The molecule has 34 heteroatoms. The second-order valence-electron chi connectivity index (χ2n) is 36.5. The van der Waals surface area contributed by atoms with Gasteiger partial charge in [0.05, 0.1) is 72.9 Å². The van der Waals surface area contributed by atoms with Gasteiger partial charge in [-0.15, -0.1) is 0 Å². The molecular formula is C109H139BrN22O11. The fourth-order valence-corrected chi connectivity index (χ4v) is 18.3. The predicted molar refractivity (Wildman–Crippen MR) is 584 cm³/mol. The molecule has 8 aliphatic heterocycles. The van der Waals surface area contributed by atoms with Crippen molar-refractivity contribution in [3.05, 3.63) is 338 Å². The lowest BCUT2D eigenvalue weighted by molar-refractivity contribution is -0.385. The lowest BCUT2D eigenvalue weighted by Gasteiger charge is -2.29. The van der Waals surface area contributed by atoms with Gasteiger partial charge in [-0.1, -0.05) is 190 Å². The van der Waals surface area contributed by atoms with Gasteiger partial charge in [0.1, 0.15) is 22.9 Å². The highest BCUT2D eigenvalue weighted by Gasteiger charge is 2.31. The first-order valence-corrected chi connectivity index (χ1v) is 49.5. The second kappa shape index (κ2) is 53.8. The van der Waals surface area contributed by atoms with Gasteiger partial charge in [-0.05, 0) is 178 Å². The van der Waals surface area contributed by atoms with Gasteiger partial charge < -0.3 is 24.3 Å². The lowest BCUT2D eigenvalue weighted by Crippen LogP contribution is -2.36. The molecule has 0 spiro atoms. The number of carbonyl (C=O) groups is 2. The highest BCUT2D eigenvalue weighted by molar-refractivity contribution is 9.10. The van der Waals surface area contributed by atoms with Gasteiger partial charge in [0.25, 0.3) is 22.7 Å². The van der Waals surface area contributed by atoms with Crippen LogP contribution in [0.4, 0.5) is 45.5 Å². The minimum Gasteiger partial charge on any atom is -0.378 e. The number of hydrazone groups is 7. The number of ether oxygens (including phenoxy) is 1. The summed E-state index contributed by atoms with van der Waals surface area (Å²) < 4.78 is 6.34. The summed E-state index contributed by atoms with van der Waals surface area (Å²) in [4.78, 5) is 74.9. The van der Waals surface area contributed by atoms with Crippen molar-refractivity contribution in [2.45, 2.75) is 175 Å². The third-order valence-corrected chi connectivity index (χ3v) is 25.8. The Labute approximate surface area is 849 Å². The summed E-state index contributed by atoms with van der Waals surface area (Å²) in [5.74, 6) is 1.54. The molecule has 7 N–H and O–H groups in total. The van der Waals surface area contributed by atoms with E-state index in [1.54, 1.807) is 37.3 Å². The minimum absolute atomic E-state index is 0.0398. The minimum atomic E-state index is -0.456. The molecule has 7 aromatic carbocycles. The van der Waals surface area contributed by atoms with Gasteiger partial charge in [-0.3, -0.25) is 88.0 Å². The molecule has 7 aromatic rings. The van der Waals surface area contributed by atoms with Crippen LogP contribution < -0.4 is 57.6 Å². The highest BCUT2D eigenvalue weighted by Crippen LogP contribution is 2.37. The Morgan fingerprint density at radius 1 is 0.392 bits per heavy atom. The second-order valence-corrected chi connectivity index (χ2v) is 37.3. The Morgan fingerprint density at radius 2 is 0.692 bits per heavy atom. The van der Waals surface area contributed by atoms with Crippen LogP contribution in [0.1, 0.15) is 211 Å². The van der Waals surface area contributed by atoms with Crippen molar-refractivity contribution in [2.24, 2.45) is 71.2 Å². The normalized spacial score (nSPS) is 18.3. The first-order valence-electron chi connectivity index (χ1n) is 48.7. The highest BCUT2D eigenvalue weighted by atomic mass is 79.9. The van der Waals surface area contributed by atoms with E-state index < -0.39 is 4.92 Å². The Bertz CT molecular complexity index is 6020. The molecule has 143 heavy (non-hydrogen) atoms. The number of hydrogen-bond acceptors (Lipinski definition) is 29. The predicted octanol–water partition coefficient (Wildman–Crippen LogP) is 21.6. The van der Waals surface area contributed by atoms with E-state index in [1.165, 1.54) is 29.9 Å². The number of morpholine rings is 1. The fourth-order valence-electron chi connectivity index (χ4n) is 17.7. The largest absolute Gasteiger partial charge is 0.378 e. The first kappa shape index (κ1) is 112. The van der Waals surface area contributed by atoms with Crippen LogP contribution in [0.5, 0.6) is 0 Å². The van der Waals surface area contributed by atoms with Crippen LogP contribution in [0, 0.1) is 76.0 Å². The summed E-state index contributed by atoms with van der Waals surface area (Å²) in [7, 11) is 0. The smallest absolute Gasteiger partial charge is 0.293 e. The molecule has 1 fully saturated rings. The lowest BCUT2D eigenvalue weighted by atomic mass is 9.92. The number of aryl methyl sites for hydroxylation is 1. The summed E-state index contributed by atoms with van der Waals surface area (Å²) in [5.41, 5.74) is 47.0. The number of halogens is 1. The molecule has 0 radical (unpaired) electrons. The zero-order valence-corrected chi connectivity index (χ0v) is 87.1. The number of hydrogen-bond donors (Lipinski definition) is 7. The van der Waals surface area contributed by atoms with Gasteiger partial charge in [-0.25, -0.2) is 0 Å². The number of allylic oxidation sites excluding steroid dienone is 8. The quantitative estimate of drug-likeness (QED) is 0.0186. The molecule has 33 nitrogen and oxygen atoms in total. The van der Waals surface area contributed by atoms with E-state index in [0.717, 1.165) is 239 Å². The molecule has 15 rings (SSSR count). The average molecular weight is 2010 g/mol. The summed E-state index contributed by atoms with van der Waals surface area (Å²) in [6.07, 6.45) is 9.08. The molecule has 758 valence electrons. The number of nitro groups is 4. The van der Waals surface area contributed by atoms with E-state index in [0.29, 0.717) is 47.2 Å². The molecule has 1 unspecified atom stereocenters. The first-order chi connectivity index (χ1) is 68.2. The van der Waals surface area contributed by atoms with Crippen molar-refractivity contribution in [3.63, 3.8) is 0 Å². The molecule has 0 saturated carbocycles. The van der Waals surface area contributed by atoms with E-state index in [4.69, 9.17) is 4.74 Å². The molecule has 8 aliphatic rings. The number of benzene rings is 7. The molecule has 0 bridgehead atoms. The zero-order chi connectivity index (χ0) is 105. The van der Waals surface area contributed by atoms with E-state index in [2.05, 4.69) is 249 Å². The molecular weight excluding hydrogens is 1870 g/mol. The van der Waals surface area contributed by atoms with Crippen molar-refractivity contribution in [1.82, 2.24) is 38.0 Å². The number of nitrogens with one attached hydrogen (secondary N) is 7. The number of Topliss-reactive ketones (excluding diaryl/α,β-unsaturated/α-hetero) is 2. The summed E-state index contributed by atoms with van der Waals surface area (Å²) >= 11 is 3.53. The number of nitro benzene ring substituents is 4. The number of nitrogens with zero attached hydrogens (tertiary/aromatic N) is 15. The van der Waals surface area contributed by atoms with Crippen LogP contribution in [-0.4, -0.2) is 137 Å². The molecule has 0 aromatic heterocycles. The number of anilines is 4. The van der Waals surface area contributed by atoms with E-state index >= 15 is 0 Å². The van der Waals surface area contributed by atoms with Crippen LogP contribution in [0.25, 0.3) is 0 Å². The maximum absolute atomic E-state index is 11.4. The fraction of sp³-hybridized carbons (Fsp3) is 0.385. The van der Waals surface area contributed by atoms with Crippen LogP contribution in [0.2, 0.25) is 0 Å². The summed E-state index contributed by atoms with van der Waals surface area (Å²) in [6.45, 7) is 67.5. The molecule has 0 aliphatic carbocycles. The Morgan fingerprint density at radius 3 is 1.01 bits per heavy atom. The number of carbonyl (C=O) groups excluding carboxylic acids is 2. The Hall–Kier alpha value is -14.7. The third-order valence-electron chi connectivity index (χ3n) is 25.1. The summed E-state index contributed by atoms with van der Waals surface area (Å²) in [6, 6.07) is 44.3. The monoisotopic (exact) mass is 2010 g/mol. The van der Waals surface area contributed by atoms with Crippen molar-refractivity contribution in [2.75, 3.05) is 85.2 Å². The van der Waals surface area contributed by atoms with Crippen molar-refractivity contribution >= 4 is 113 Å². The standard InChI is InChI=1S/2C16H22N4O2.C16H21N3O.C16H21N3.C15H17BrN2O.C15H17N3O3.C15H19N3O2/c2*1-5-19(6-2)14-8-7-13(10-15(14)20(21)22)16-11(3)9-12(4)17-18-16;1-12-11-13(2)17-18-16(12)14-3-5-15(6-4-14)19-7-9-20-10-8-19;1-5-19(6-2)15-9-7-14(8-10-15)16-12(3)11-13(4)17-18-16;1-9-6-10(2)17-18-15(9)13-5-4-12(7-11(3)19)14(16)8-13;1-9-6-10(2)16-17-15(9)13-5-4-12(7-11(3)19)14(8-13)18(20)21;1-4-5-12-6-7-13(9-14(12)18(19)20)15-10(2)8-11(3)16-17-15/h2*7-8,10-11,17H,4-6,9H2,1-3H3;3-6,12,17H,2,7-11H2,1H3;7-11,17H,4-6H2,1-3H3;4-5,8-9,17H,2,6-7H2,1,3H3;4-5,8-9,16H,2,6-7H2,1,3H3;6-7,9-10,16H,3-5,8H2,1-2H3/t11-;;12-;;2*9-;10-/m1.1.111/s1. The molecule has 1 saturated heterocycles. The van der Waals surface area contributed by atoms with Crippen molar-refractivity contribution in [3.8, 4) is 0 Å². The zero-order valence-electron chi connectivity index (χ0n) is 85.5. The topological polar surface area (TPSA) is 400 Å². The van der Waals surface area contributed by atoms with Gasteiger partial charge in [-0.2, -0.15) is 35.7 Å². The molecule has 8 heterocycles. The van der Waals surface area contributed by atoms with Gasteiger partial charge in [0, 0.05) is 220 Å². The Kier molecular flexibility index (Phi) is 42.1. The van der Waals surface area contributed by atoms with Crippen molar-refractivity contribution in [1.29, 1.82) is 0 Å². The van der Waals surface area contributed by atoms with Crippen LogP contribution in [0.15, 0.2) is 277 Å². The number of ketones is 2. The summed E-state index contributed by atoms with van der Waals surface area (Å²) in [5, 5.41) is 75.6.